The summed E-state index contributed by atoms with van der Waals surface area (Å²) in [6, 6.07) is 11.4. The van der Waals surface area contributed by atoms with Crippen LogP contribution in [-0.4, -0.2) is 29.5 Å². The van der Waals surface area contributed by atoms with Gasteiger partial charge in [0.2, 0.25) is 0 Å². The Morgan fingerprint density at radius 3 is 2.59 bits per heavy atom. The molecule has 4 aromatic rings. The molecule has 0 atom stereocenters. The number of benzene rings is 2. The number of pyridine rings is 1. The summed E-state index contributed by atoms with van der Waals surface area (Å²) in [6.45, 7) is 0. The summed E-state index contributed by atoms with van der Waals surface area (Å²) in [7, 11) is -4.05. The van der Waals surface area contributed by atoms with E-state index < -0.39 is 21.8 Å². The molecule has 0 amide bonds. The van der Waals surface area contributed by atoms with Crippen molar-refractivity contribution >= 4 is 43.9 Å². The maximum Gasteiger partial charge on any atom is 0.336 e. The lowest BCUT2D eigenvalue weighted by Crippen LogP contribution is -2.14. The highest BCUT2D eigenvalue weighted by Gasteiger charge is 2.21. The summed E-state index contributed by atoms with van der Waals surface area (Å²) in [6.07, 6.45) is 1.45. The van der Waals surface area contributed by atoms with Crippen molar-refractivity contribution in [3.05, 3.63) is 71.5 Å². The second-order valence-corrected chi connectivity index (χ2v) is 8.46. The van der Waals surface area contributed by atoms with Gasteiger partial charge in [-0.15, -0.1) is 11.3 Å². The van der Waals surface area contributed by atoms with E-state index in [-0.39, 0.29) is 21.8 Å². The van der Waals surface area contributed by atoms with Gasteiger partial charge in [0.05, 0.1) is 16.8 Å². The molecule has 29 heavy (non-hydrogen) atoms. The van der Waals surface area contributed by atoms with Crippen LogP contribution in [0.15, 0.2) is 65.1 Å². The highest BCUT2D eigenvalue weighted by Crippen LogP contribution is 2.29. The Hall–Kier alpha value is -3.37. The van der Waals surface area contributed by atoms with Crippen LogP contribution in [0.5, 0.6) is 0 Å². The van der Waals surface area contributed by atoms with Crippen molar-refractivity contribution in [1.29, 1.82) is 0 Å². The predicted molar refractivity (Wildman–Crippen MR) is 107 cm³/mol. The van der Waals surface area contributed by atoms with Crippen molar-refractivity contribution in [2.24, 2.45) is 0 Å². The van der Waals surface area contributed by atoms with Crippen molar-refractivity contribution in [3.8, 4) is 10.6 Å². The van der Waals surface area contributed by atoms with Gasteiger partial charge in [0.15, 0.2) is 5.03 Å². The van der Waals surface area contributed by atoms with Gasteiger partial charge in [0.25, 0.3) is 10.0 Å². The maximum absolute atomic E-state index is 13.1. The number of thiazole rings is 1. The van der Waals surface area contributed by atoms with Gasteiger partial charge in [-0.3, -0.25) is 9.71 Å². The minimum absolute atomic E-state index is 0.0169. The van der Waals surface area contributed by atoms with Crippen molar-refractivity contribution in [3.63, 3.8) is 0 Å². The van der Waals surface area contributed by atoms with Crippen LogP contribution in [0.1, 0.15) is 10.4 Å². The van der Waals surface area contributed by atoms with E-state index in [1.54, 1.807) is 12.1 Å². The van der Waals surface area contributed by atoms with Crippen molar-refractivity contribution in [2.75, 3.05) is 4.72 Å². The Bertz CT molecular complexity index is 1340. The number of aromatic nitrogens is 2. The van der Waals surface area contributed by atoms with E-state index in [1.165, 1.54) is 48.0 Å². The standard InChI is InChI=1S/C19H12FN3O4S2/c20-12-5-3-11(4-6-12)18-22-16(10-28-18)29(26,27)23-15-8-7-14(19(24)25)13-2-1-9-21-17(13)15/h1-10,23H,(H,24,25). The number of hydrogen-bond acceptors (Lipinski definition) is 6. The lowest BCUT2D eigenvalue weighted by atomic mass is 10.1. The van der Waals surface area contributed by atoms with Crippen molar-refractivity contribution in [1.82, 2.24) is 9.97 Å². The number of carboxylic acids is 1. The van der Waals surface area contributed by atoms with E-state index in [0.717, 1.165) is 11.3 Å². The number of carbonyl (C=O) groups is 1. The van der Waals surface area contributed by atoms with Gasteiger partial charge in [0, 0.05) is 22.5 Å². The molecule has 0 saturated heterocycles. The first-order valence-electron chi connectivity index (χ1n) is 8.20. The first-order chi connectivity index (χ1) is 13.8. The van der Waals surface area contributed by atoms with E-state index in [4.69, 9.17) is 0 Å². The third-order valence-electron chi connectivity index (χ3n) is 4.09. The summed E-state index contributed by atoms with van der Waals surface area (Å²) >= 11 is 1.11. The zero-order valence-electron chi connectivity index (χ0n) is 14.5. The molecule has 4 rings (SSSR count). The molecule has 0 aliphatic rings. The number of nitrogens with zero attached hydrogens (tertiary/aromatic N) is 2. The van der Waals surface area contributed by atoms with E-state index in [9.17, 15) is 22.7 Å². The van der Waals surface area contributed by atoms with Crippen LogP contribution in [0, 0.1) is 5.82 Å². The number of carboxylic acid groups (broad SMARTS) is 1. The number of aromatic carboxylic acids is 1. The SMILES string of the molecule is O=C(O)c1ccc(NS(=O)(=O)c2csc(-c3ccc(F)cc3)n2)c2ncccc12. The Balaban J connectivity index is 1.71. The number of nitrogens with one attached hydrogen (secondary N) is 1. The molecule has 2 N–H and O–H groups in total. The molecule has 0 spiro atoms. The minimum Gasteiger partial charge on any atom is -0.478 e. The Morgan fingerprint density at radius 2 is 1.86 bits per heavy atom. The van der Waals surface area contributed by atoms with Gasteiger partial charge >= 0.3 is 5.97 Å². The van der Waals surface area contributed by atoms with Crippen LogP contribution in [0.25, 0.3) is 21.5 Å². The molecule has 0 fully saturated rings. The van der Waals surface area contributed by atoms with E-state index in [0.29, 0.717) is 16.0 Å². The van der Waals surface area contributed by atoms with Gasteiger partial charge in [0.1, 0.15) is 10.8 Å². The quantitative estimate of drug-likeness (QED) is 0.496. The molecule has 0 aliphatic heterocycles. The lowest BCUT2D eigenvalue weighted by molar-refractivity contribution is 0.0699. The zero-order valence-corrected chi connectivity index (χ0v) is 16.2. The maximum atomic E-state index is 13.1. The molecular weight excluding hydrogens is 417 g/mol. The minimum atomic E-state index is -4.05. The molecule has 2 aromatic carbocycles. The summed E-state index contributed by atoms with van der Waals surface area (Å²) < 4.78 is 41.1. The Morgan fingerprint density at radius 1 is 1.10 bits per heavy atom. The van der Waals surface area contributed by atoms with Crippen LogP contribution in [-0.2, 0) is 10.0 Å². The Labute approximate surface area is 168 Å². The molecule has 0 saturated carbocycles. The molecule has 0 bridgehead atoms. The van der Waals surface area contributed by atoms with Gasteiger partial charge in [-0.05, 0) is 42.5 Å². The third-order valence-corrected chi connectivity index (χ3v) is 6.38. The number of hydrogen-bond donors (Lipinski definition) is 2. The normalized spacial score (nSPS) is 11.5. The molecule has 7 nitrogen and oxygen atoms in total. The average molecular weight is 429 g/mol. The largest absolute Gasteiger partial charge is 0.478 e. The van der Waals surface area contributed by atoms with Crippen LogP contribution in [0.4, 0.5) is 10.1 Å². The number of sulfonamides is 1. The third kappa shape index (κ3) is 3.67. The van der Waals surface area contributed by atoms with Crippen LogP contribution in [0.3, 0.4) is 0 Å². The van der Waals surface area contributed by atoms with E-state index in [1.807, 2.05) is 0 Å². The average Bonchev–Trinajstić information content (AvgIpc) is 3.19. The van der Waals surface area contributed by atoms with Crippen LogP contribution in [0.2, 0.25) is 0 Å². The van der Waals surface area contributed by atoms with Gasteiger partial charge in [-0.1, -0.05) is 6.07 Å². The molecule has 2 aromatic heterocycles. The fraction of sp³-hybridized carbons (Fsp3) is 0. The van der Waals surface area contributed by atoms with Gasteiger partial charge < -0.3 is 5.11 Å². The lowest BCUT2D eigenvalue weighted by Gasteiger charge is -2.10. The number of halogens is 1. The fourth-order valence-electron chi connectivity index (χ4n) is 2.75. The number of rotatable bonds is 5. The zero-order chi connectivity index (χ0) is 20.6. The number of anilines is 1. The molecule has 2 heterocycles. The van der Waals surface area contributed by atoms with Crippen molar-refractivity contribution < 1.29 is 22.7 Å². The second kappa shape index (κ2) is 7.22. The predicted octanol–water partition coefficient (Wildman–Crippen LogP) is 4.00. The summed E-state index contributed by atoms with van der Waals surface area (Å²) in [5, 5.41) is 11.2. The molecular formula is C19H12FN3O4S2. The van der Waals surface area contributed by atoms with Gasteiger partial charge in [-0.25, -0.2) is 14.2 Å². The smallest absolute Gasteiger partial charge is 0.336 e. The van der Waals surface area contributed by atoms with Crippen LogP contribution < -0.4 is 4.72 Å². The number of fused-ring (bicyclic) bond motifs is 1. The topological polar surface area (TPSA) is 109 Å². The first kappa shape index (κ1) is 19.0. The van der Waals surface area contributed by atoms with E-state index >= 15 is 0 Å². The summed E-state index contributed by atoms with van der Waals surface area (Å²) in [5.41, 5.74) is 0.964. The molecule has 0 radical (unpaired) electrons. The summed E-state index contributed by atoms with van der Waals surface area (Å²) in [4.78, 5) is 19.6. The fourth-order valence-corrected chi connectivity index (χ4v) is 4.91. The van der Waals surface area contributed by atoms with Crippen LogP contribution >= 0.6 is 11.3 Å². The van der Waals surface area contributed by atoms with E-state index in [2.05, 4.69) is 14.7 Å². The molecule has 0 unspecified atom stereocenters. The Kier molecular flexibility index (Phi) is 4.73. The molecule has 146 valence electrons. The molecule has 10 heteroatoms. The highest BCUT2D eigenvalue weighted by atomic mass is 32.2. The molecule has 0 aliphatic carbocycles. The summed E-state index contributed by atoms with van der Waals surface area (Å²) in [5.74, 6) is -1.54. The monoisotopic (exact) mass is 429 g/mol. The second-order valence-electron chi connectivity index (χ2n) is 5.97. The highest BCUT2D eigenvalue weighted by molar-refractivity contribution is 7.92. The first-order valence-corrected chi connectivity index (χ1v) is 10.6. The van der Waals surface area contributed by atoms with Gasteiger partial charge in [-0.2, -0.15) is 8.42 Å². The van der Waals surface area contributed by atoms with Crippen molar-refractivity contribution in [2.45, 2.75) is 5.03 Å².